The zero-order chi connectivity index (χ0) is 23.8. The average Bonchev–Trinajstić information content (AvgIpc) is 3.27. The van der Waals surface area contributed by atoms with Crippen LogP contribution in [0.4, 0.5) is 14.6 Å². The summed E-state index contributed by atoms with van der Waals surface area (Å²) in [6.45, 7) is 4.10. The summed E-state index contributed by atoms with van der Waals surface area (Å²) < 4.78 is 29.9. The van der Waals surface area contributed by atoms with Crippen LogP contribution in [0.5, 0.6) is 0 Å². The van der Waals surface area contributed by atoms with Crippen LogP contribution >= 0.6 is 0 Å². The molecule has 0 atom stereocenters. The van der Waals surface area contributed by atoms with E-state index in [1.807, 2.05) is 29.4 Å². The molecule has 0 aliphatic carbocycles. The van der Waals surface area contributed by atoms with Crippen molar-refractivity contribution in [2.75, 3.05) is 50.7 Å². The van der Waals surface area contributed by atoms with E-state index >= 15 is 0 Å². The van der Waals surface area contributed by atoms with Crippen molar-refractivity contribution in [1.82, 2.24) is 25.2 Å². The van der Waals surface area contributed by atoms with Crippen LogP contribution in [0, 0.1) is 5.92 Å². The van der Waals surface area contributed by atoms with Crippen molar-refractivity contribution >= 4 is 27.6 Å². The Bertz CT molecular complexity index is 1300. The second kappa shape index (κ2) is 9.17. The largest absolute Gasteiger partial charge is 0.357 e. The Morgan fingerprint density at radius 2 is 1.69 bits per heavy atom. The van der Waals surface area contributed by atoms with Crippen LogP contribution in [0.25, 0.3) is 32.9 Å². The van der Waals surface area contributed by atoms with Crippen LogP contribution in [-0.2, 0) is 0 Å². The van der Waals surface area contributed by atoms with Gasteiger partial charge >= 0.3 is 0 Å². The third kappa shape index (κ3) is 4.48. The van der Waals surface area contributed by atoms with Gasteiger partial charge in [0.05, 0.1) is 6.54 Å². The lowest BCUT2D eigenvalue weighted by Gasteiger charge is -2.39. The molecule has 35 heavy (non-hydrogen) atoms. The lowest BCUT2D eigenvalue weighted by Crippen LogP contribution is -2.51. The number of fused-ring (bicyclic) bond motifs is 3. The molecule has 6 rings (SSSR count). The number of nitrogens with one attached hydrogen (secondary N) is 2. The van der Waals surface area contributed by atoms with Gasteiger partial charge in [0, 0.05) is 91.1 Å². The number of halogens is 2. The second-order valence-electron chi connectivity index (χ2n) is 9.76. The van der Waals surface area contributed by atoms with E-state index in [9.17, 15) is 8.78 Å². The Kier molecular flexibility index (Phi) is 5.86. The smallest absolute Gasteiger partial charge is 0.263 e. The van der Waals surface area contributed by atoms with Crippen LogP contribution in [0.1, 0.15) is 12.8 Å². The maximum absolute atomic E-state index is 14.9. The minimum Gasteiger partial charge on any atom is -0.357 e. The van der Waals surface area contributed by atoms with Crippen molar-refractivity contribution in [1.29, 1.82) is 0 Å². The molecule has 5 heterocycles. The van der Waals surface area contributed by atoms with Crippen LogP contribution < -0.4 is 10.2 Å². The number of anilines is 1. The topological polar surface area (TPSA) is 60.1 Å². The zero-order valence-corrected chi connectivity index (χ0v) is 19.7. The third-order valence-corrected chi connectivity index (χ3v) is 7.54. The number of piperidine rings is 1. The van der Waals surface area contributed by atoms with Crippen molar-refractivity contribution in [3.8, 4) is 11.1 Å². The lowest BCUT2D eigenvalue weighted by molar-refractivity contribution is -0.0902. The summed E-state index contributed by atoms with van der Waals surface area (Å²) in [6, 6.07) is 12.4. The van der Waals surface area contributed by atoms with E-state index < -0.39 is 11.8 Å². The first-order chi connectivity index (χ1) is 17.1. The highest BCUT2D eigenvalue weighted by molar-refractivity contribution is 6.07. The van der Waals surface area contributed by atoms with Gasteiger partial charge in [0.15, 0.2) is 0 Å². The summed E-state index contributed by atoms with van der Waals surface area (Å²) in [6.07, 6.45) is 6.54. The predicted molar refractivity (Wildman–Crippen MR) is 136 cm³/mol. The SMILES string of the molecule is FC(F)(CN1CCNCC1)C1CCN(c2ccc(-c3ccc4c(c3)[nH]c3ccncc34)cn2)CC1. The molecule has 0 spiro atoms. The van der Waals surface area contributed by atoms with Crippen molar-refractivity contribution < 1.29 is 8.78 Å². The Hall–Kier alpha value is -3.10. The van der Waals surface area contributed by atoms with Crippen LogP contribution in [0.2, 0.25) is 0 Å². The van der Waals surface area contributed by atoms with Gasteiger partial charge in [-0.2, -0.15) is 0 Å². The highest BCUT2D eigenvalue weighted by Gasteiger charge is 2.42. The molecule has 2 N–H and O–H groups in total. The summed E-state index contributed by atoms with van der Waals surface area (Å²) >= 11 is 0. The maximum atomic E-state index is 14.9. The average molecular weight is 477 g/mol. The van der Waals surface area contributed by atoms with Crippen LogP contribution in [0.3, 0.4) is 0 Å². The number of H-pyrrole nitrogens is 1. The highest BCUT2D eigenvalue weighted by Crippen LogP contribution is 2.35. The van der Waals surface area contributed by atoms with Crippen molar-refractivity contribution in [2.45, 2.75) is 18.8 Å². The number of nitrogens with zero attached hydrogens (tertiary/aromatic N) is 4. The van der Waals surface area contributed by atoms with Gasteiger partial charge < -0.3 is 15.2 Å². The molecule has 2 aliphatic rings. The fourth-order valence-corrected chi connectivity index (χ4v) is 5.50. The first kappa shape index (κ1) is 22.4. The number of alkyl halides is 2. The molecule has 2 saturated heterocycles. The summed E-state index contributed by atoms with van der Waals surface area (Å²) in [4.78, 5) is 16.4. The Balaban J connectivity index is 1.11. The maximum Gasteiger partial charge on any atom is 0.263 e. The van der Waals surface area contributed by atoms with Gasteiger partial charge in [-0.15, -0.1) is 0 Å². The summed E-state index contributed by atoms with van der Waals surface area (Å²) in [5, 5.41) is 5.49. The molecule has 4 aromatic rings. The quantitative estimate of drug-likeness (QED) is 0.443. The summed E-state index contributed by atoms with van der Waals surface area (Å²) in [7, 11) is 0. The van der Waals surface area contributed by atoms with Gasteiger partial charge in [-0.05, 0) is 42.7 Å². The molecule has 1 aromatic carbocycles. The van der Waals surface area contributed by atoms with E-state index in [0.717, 1.165) is 51.8 Å². The molecule has 0 saturated carbocycles. The fraction of sp³-hybridized carbons (Fsp3) is 0.407. The van der Waals surface area contributed by atoms with Crippen molar-refractivity contribution in [3.63, 3.8) is 0 Å². The van der Waals surface area contributed by atoms with Gasteiger partial charge in [0.1, 0.15) is 5.82 Å². The monoisotopic (exact) mass is 476 g/mol. The molecule has 2 fully saturated rings. The summed E-state index contributed by atoms with van der Waals surface area (Å²) in [5.41, 5.74) is 4.26. The third-order valence-electron chi connectivity index (χ3n) is 7.54. The highest BCUT2D eigenvalue weighted by atomic mass is 19.3. The van der Waals surface area contributed by atoms with Gasteiger partial charge in [0.25, 0.3) is 5.92 Å². The number of pyridine rings is 2. The lowest BCUT2D eigenvalue weighted by atomic mass is 9.90. The van der Waals surface area contributed by atoms with E-state index in [0.29, 0.717) is 39.0 Å². The van der Waals surface area contributed by atoms with Gasteiger partial charge in [-0.3, -0.25) is 9.88 Å². The minimum absolute atomic E-state index is 0.122. The number of benzene rings is 1. The molecule has 0 amide bonds. The predicted octanol–water partition coefficient (Wildman–Crippen LogP) is 4.54. The molecule has 182 valence electrons. The van der Waals surface area contributed by atoms with Gasteiger partial charge in [0.2, 0.25) is 0 Å². The zero-order valence-electron chi connectivity index (χ0n) is 19.7. The number of aromatic nitrogens is 3. The van der Waals surface area contributed by atoms with Crippen LogP contribution in [-0.4, -0.2) is 71.6 Å². The molecule has 0 bridgehead atoms. The molecule has 0 unspecified atom stereocenters. The second-order valence-corrected chi connectivity index (χ2v) is 9.76. The molecular weight excluding hydrogens is 446 g/mol. The van der Waals surface area contributed by atoms with Gasteiger partial charge in [-0.25, -0.2) is 13.8 Å². The minimum atomic E-state index is -2.64. The van der Waals surface area contributed by atoms with E-state index in [2.05, 4.69) is 49.4 Å². The molecular formula is C27H30F2N6. The number of hydrogen-bond donors (Lipinski definition) is 2. The van der Waals surface area contributed by atoms with Gasteiger partial charge in [-0.1, -0.05) is 12.1 Å². The number of piperazine rings is 1. The van der Waals surface area contributed by atoms with Crippen molar-refractivity contribution in [3.05, 3.63) is 55.0 Å². The molecule has 3 aromatic heterocycles. The molecule has 6 nitrogen and oxygen atoms in total. The first-order valence-electron chi connectivity index (χ1n) is 12.4. The normalized spacial score (nSPS) is 18.5. The number of rotatable bonds is 5. The van der Waals surface area contributed by atoms with E-state index in [1.165, 1.54) is 0 Å². The Morgan fingerprint density at radius 3 is 2.46 bits per heavy atom. The van der Waals surface area contributed by atoms with E-state index in [4.69, 9.17) is 0 Å². The summed E-state index contributed by atoms with van der Waals surface area (Å²) in [5.74, 6) is -2.35. The van der Waals surface area contributed by atoms with E-state index in [-0.39, 0.29) is 6.54 Å². The van der Waals surface area contributed by atoms with Crippen LogP contribution in [0.15, 0.2) is 55.0 Å². The Morgan fingerprint density at radius 1 is 0.886 bits per heavy atom. The molecule has 0 radical (unpaired) electrons. The Labute approximate surface area is 203 Å². The fourth-order valence-electron chi connectivity index (χ4n) is 5.50. The standard InChI is InChI=1S/C27H30F2N6/c28-27(29,18-34-13-9-30-10-14-34)21-6-11-35(12-7-21)26-4-2-20(16-32-26)19-1-3-22-23-17-31-8-5-24(23)33-25(22)15-19/h1-5,8,15-17,21,30,33H,6-7,9-14,18H2. The number of hydrogen-bond acceptors (Lipinski definition) is 5. The molecule has 8 heteroatoms. The number of aromatic amines is 1. The van der Waals surface area contributed by atoms with E-state index in [1.54, 1.807) is 6.20 Å². The molecule has 2 aliphatic heterocycles. The van der Waals surface area contributed by atoms with Crippen molar-refractivity contribution in [2.24, 2.45) is 5.92 Å². The first-order valence-corrected chi connectivity index (χ1v) is 12.4.